The lowest BCUT2D eigenvalue weighted by atomic mass is 10.2. The first-order valence-electron chi connectivity index (χ1n) is 9.74. The number of hydrogen-bond donors (Lipinski definition) is 1. The quantitative estimate of drug-likeness (QED) is 0.408. The molecule has 2 aromatic carbocycles. The van der Waals surface area contributed by atoms with Gasteiger partial charge in [0, 0.05) is 36.6 Å². The maximum Gasteiger partial charge on any atom is 0.172 e. The molecule has 0 aliphatic rings. The first kappa shape index (κ1) is 21.4. The highest BCUT2D eigenvalue weighted by Crippen LogP contribution is 2.36. The lowest BCUT2D eigenvalue weighted by Crippen LogP contribution is -2.19. The molecular formula is C22H23ClN6OS. The molecule has 0 aliphatic carbocycles. The molecule has 0 unspecified atom stereocenters. The minimum absolute atomic E-state index is 0.575. The van der Waals surface area contributed by atoms with Crippen molar-refractivity contribution in [1.29, 1.82) is 0 Å². The first-order valence-corrected chi connectivity index (χ1v) is 10.9. The first-order chi connectivity index (χ1) is 15.0. The predicted octanol–water partition coefficient (Wildman–Crippen LogP) is 4.85. The van der Waals surface area contributed by atoms with Crippen molar-refractivity contribution in [1.82, 2.24) is 24.4 Å². The van der Waals surface area contributed by atoms with Crippen LogP contribution in [0.25, 0.3) is 10.9 Å². The van der Waals surface area contributed by atoms with Crippen molar-refractivity contribution in [2.45, 2.75) is 10.1 Å². The zero-order valence-corrected chi connectivity index (χ0v) is 19.1. The van der Waals surface area contributed by atoms with Crippen molar-refractivity contribution in [3.63, 3.8) is 0 Å². The summed E-state index contributed by atoms with van der Waals surface area (Å²) in [6, 6.07) is 11.6. The van der Waals surface area contributed by atoms with Crippen LogP contribution in [0.5, 0.6) is 5.75 Å². The van der Waals surface area contributed by atoms with Gasteiger partial charge in [0.15, 0.2) is 5.16 Å². The molecule has 0 atom stereocenters. The SMILES string of the molecule is CN(C)CCOc1cccc2ncnc(Nc3ccc(Sc4nccn4C)c(Cl)c3)c12. The highest BCUT2D eigenvalue weighted by atomic mass is 35.5. The third-order valence-corrected chi connectivity index (χ3v) is 6.17. The van der Waals surface area contributed by atoms with Gasteiger partial charge in [0.1, 0.15) is 24.5 Å². The van der Waals surface area contributed by atoms with E-state index in [1.165, 1.54) is 11.8 Å². The van der Waals surface area contributed by atoms with Crippen molar-refractivity contribution in [2.24, 2.45) is 7.05 Å². The van der Waals surface area contributed by atoms with Crippen LogP contribution < -0.4 is 10.1 Å². The van der Waals surface area contributed by atoms with Crippen LogP contribution in [-0.4, -0.2) is 51.7 Å². The Morgan fingerprint density at radius 2 is 2.03 bits per heavy atom. The highest BCUT2D eigenvalue weighted by Gasteiger charge is 2.12. The minimum atomic E-state index is 0.575. The van der Waals surface area contributed by atoms with Crippen molar-refractivity contribution < 1.29 is 4.74 Å². The summed E-state index contributed by atoms with van der Waals surface area (Å²) in [6.45, 7) is 1.39. The number of benzene rings is 2. The zero-order chi connectivity index (χ0) is 21.8. The molecule has 160 valence electrons. The van der Waals surface area contributed by atoms with Crippen LogP contribution in [0.2, 0.25) is 5.02 Å². The Morgan fingerprint density at radius 3 is 2.77 bits per heavy atom. The van der Waals surface area contributed by atoms with Crippen LogP contribution in [0.4, 0.5) is 11.5 Å². The van der Waals surface area contributed by atoms with Gasteiger partial charge >= 0.3 is 0 Å². The molecule has 0 saturated carbocycles. The van der Waals surface area contributed by atoms with Crippen molar-refractivity contribution >= 4 is 45.8 Å². The molecule has 0 bridgehead atoms. The molecule has 9 heteroatoms. The average molecular weight is 455 g/mol. The predicted molar refractivity (Wildman–Crippen MR) is 126 cm³/mol. The van der Waals surface area contributed by atoms with E-state index >= 15 is 0 Å². The maximum atomic E-state index is 6.55. The monoisotopic (exact) mass is 454 g/mol. The number of likely N-dealkylation sites (N-methyl/N-ethyl adjacent to an activating group) is 1. The van der Waals surface area contributed by atoms with Crippen LogP contribution >= 0.6 is 23.4 Å². The van der Waals surface area contributed by atoms with Crippen LogP contribution in [0.15, 0.2) is 65.2 Å². The van der Waals surface area contributed by atoms with Gasteiger partial charge in [-0.15, -0.1) is 0 Å². The van der Waals surface area contributed by atoms with E-state index in [4.69, 9.17) is 16.3 Å². The third-order valence-electron chi connectivity index (χ3n) is 4.59. The number of hydrogen-bond acceptors (Lipinski definition) is 7. The zero-order valence-electron chi connectivity index (χ0n) is 17.5. The van der Waals surface area contributed by atoms with Gasteiger partial charge in [-0.25, -0.2) is 15.0 Å². The summed E-state index contributed by atoms with van der Waals surface area (Å²) >= 11 is 8.07. The minimum Gasteiger partial charge on any atom is -0.491 e. The van der Waals surface area contributed by atoms with E-state index in [0.29, 0.717) is 17.4 Å². The molecule has 7 nitrogen and oxygen atoms in total. The van der Waals surface area contributed by atoms with Gasteiger partial charge in [0.2, 0.25) is 0 Å². The Bertz CT molecular complexity index is 1190. The van der Waals surface area contributed by atoms with Crippen LogP contribution in [-0.2, 0) is 7.05 Å². The molecule has 31 heavy (non-hydrogen) atoms. The molecule has 1 N–H and O–H groups in total. The van der Waals surface area contributed by atoms with Gasteiger partial charge < -0.3 is 19.5 Å². The maximum absolute atomic E-state index is 6.55. The van der Waals surface area contributed by atoms with Crippen molar-refractivity contribution in [3.8, 4) is 5.75 Å². The molecule has 0 radical (unpaired) electrons. The van der Waals surface area contributed by atoms with Gasteiger partial charge in [-0.2, -0.15) is 0 Å². The Labute approximate surface area is 190 Å². The number of imidazole rings is 1. The van der Waals surface area contributed by atoms with E-state index in [-0.39, 0.29) is 0 Å². The average Bonchev–Trinajstić information content (AvgIpc) is 3.14. The standard InChI is InChI=1S/C22H23ClN6OS/c1-28(2)11-12-30-18-6-4-5-17-20(18)21(26-14-25-17)27-15-7-8-19(16(23)13-15)31-22-24-9-10-29(22)3/h4-10,13-14H,11-12H2,1-3H3,(H,25,26,27). The summed E-state index contributed by atoms with van der Waals surface area (Å²) in [7, 11) is 5.99. The van der Waals surface area contributed by atoms with E-state index < -0.39 is 0 Å². The number of anilines is 2. The van der Waals surface area contributed by atoms with Crippen molar-refractivity contribution in [3.05, 3.63) is 60.1 Å². The van der Waals surface area contributed by atoms with Crippen LogP contribution in [0.1, 0.15) is 0 Å². The topological polar surface area (TPSA) is 68.1 Å². The molecule has 0 saturated heterocycles. The second-order valence-corrected chi connectivity index (χ2v) is 8.63. The number of aromatic nitrogens is 4. The molecule has 2 aromatic heterocycles. The number of nitrogens with zero attached hydrogens (tertiary/aromatic N) is 5. The Kier molecular flexibility index (Phi) is 6.60. The number of ether oxygens (including phenoxy) is 1. The van der Waals surface area contributed by atoms with Gasteiger partial charge in [-0.1, -0.05) is 29.4 Å². The number of aryl methyl sites for hydroxylation is 1. The normalized spacial score (nSPS) is 11.3. The van der Waals surface area contributed by atoms with E-state index in [1.807, 2.05) is 68.3 Å². The molecule has 0 fully saturated rings. The fraction of sp³-hybridized carbons (Fsp3) is 0.227. The summed E-state index contributed by atoms with van der Waals surface area (Å²) in [5, 5.41) is 5.72. The fourth-order valence-electron chi connectivity index (χ4n) is 2.98. The fourth-order valence-corrected chi connectivity index (χ4v) is 4.08. The summed E-state index contributed by atoms with van der Waals surface area (Å²) < 4.78 is 7.98. The van der Waals surface area contributed by atoms with Crippen LogP contribution in [0.3, 0.4) is 0 Å². The van der Waals surface area contributed by atoms with Gasteiger partial charge in [-0.3, -0.25) is 0 Å². The summed E-state index contributed by atoms with van der Waals surface area (Å²) in [5.41, 5.74) is 1.64. The van der Waals surface area contributed by atoms with E-state index in [2.05, 4.69) is 25.2 Å². The second kappa shape index (κ2) is 9.55. The second-order valence-electron chi connectivity index (χ2n) is 7.22. The molecule has 4 rings (SSSR count). The molecule has 0 aliphatic heterocycles. The van der Waals surface area contributed by atoms with E-state index in [9.17, 15) is 0 Å². The molecule has 0 amide bonds. The van der Waals surface area contributed by atoms with Crippen molar-refractivity contribution in [2.75, 3.05) is 32.6 Å². The number of nitrogens with one attached hydrogen (secondary N) is 1. The lowest BCUT2D eigenvalue weighted by molar-refractivity contribution is 0.263. The molecular weight excluding hydrogens is 432 g/mol. The van der Waals surface area contributed by atoms with Crippen LogP contribution in [0, 0.1) is 0 Å². The van der Waals surface area contributed by atoms with E-state index in [0.717, 1.165) is 38.9 Å². The number of rotatable bonds is 8. The number of fused-ring (bicyclic) bond motifs is 1. The molecule has 2 heterocycles. The van der Waals surface area contributed by atoms with Gasteiger partial charge in [0.05, 0.1) is 15.9 Å². The number of halogens is 1. The highest BCUT2D eigenvalue weighted by molar-refractivity contribution is 7.99. The smallest absolute Gasteiger partial charge is 0.172 e. The largest absolute Gasteiger partial charge is 0.491 e. The van der Waals surface area contributed by atoms with Gasteiger partial charge in [0.25, 0.3) is 0 Å². The summed E-state index contributed by atoms with van der Waals surface area (Å²) in [4.78, 5) is 16.2. The van der Waals surface area contributed by atoms with E-state index in [1.54, 1.807) is 12.5 Å². The lowest BCUT2D eigenvalue weighted by Gasteiger charge is -2.15. The third kappa shape index (κ3) is 5.10. The Balaban J connectivity index is 1.59. The summed E-state index contributed by atoms with van der Waals surface area (Å²) in [6.07, 6.45) is 5.22. The Hall–Kier alpha value is -2.81. The molecule has 0 spiro atoms. The Morgan fingerprint density at radius 1 is 1.16 bits per heavy atom. The van der Waals surface area contributed by atoms with Gasteiger partial charge in [-0.05, 0) is 44.4 Å². The molecule has 4 aromatic rings. The summed E-state index contributed by atoms with van der Waals surface area (Å²) in [5.74, 6) is 1.42.